The number of rotatable bonds is 8. The van der Waals surface area contributed by atoms with E-state index in [4.69, 9.17) is 0 Å². The zero-order valence-corrected chi connectivity index (χ0v) is 11.9. The number of allylic oxidation sites excluding steroid dienone is 4. The quantitative estimate of drug-likeness (QED) is 0.553. The van der Waals surface area contributed by atoms with Gasteiger partial charge in [-0.2, -0.15) is 0 Å². The maximum atomic E-state index is 10.5. The molecule has 0 fully saturated rings. The Kier molecular flexibility index (Phi) is 5.85. The molecule has 0 bridgehead atoms. The second-order valence-corrected chi connectivity index (χ2v) is 4.58. The molecule has 0 saturated heterocycles. The maximum Gasteiger partial charge on any atom is 0.123 e. The van der Waals surface area contributed by atoms with E-state index in [1.165, 1.54) is 0 Å². The summed E-state index contributed by atoms with van der Waals surface area (Å²) in [6, 6.07) is 0. The van der Waals surface area contributed by atoms with Crippen LogP contribution in [0.2, 0.25) is 0 Å². The van der Waals surface area contributed by atoms with E-state index in [2.05, 4.69) is 26.3 Å². The Morgan fingerprint density at radius 3 is 0.900 bits per heavy atom. The number of hydrogen-bond acceptors (Lipinski definition) is 2. The molecule has 0 saturated carbocycles. The van der Waals surface area contributed by atoms with Gasteiger partial charge in [-0.15, -0.1) is 26.3 Å². The molecule has 0 aromatic heterocycles. The average molecular weight is 270 g/mol. The van der Waals surface area contributed by atoms with Gasteiger partial charge in [-0.3, -0.25) is 0 Å². The summed E-state index contributed by atoms with van der Waals surface area (Å²) in [4.78, 5) is 0. The summed E-state index contributed by atoms with van der Waals surface area (Å²) in [6.45, 7) is 14.8. The minimum absolute atomic E-state index is 0.219. The summed E-state index contributed by atoms with van der Waals surface area (Å²) < 4.78 is 0. The van der Waals surface area contributed by atoms with E-state index in [0.29, 0.717) is 47.9 Å². The molecule has 1 aromatic rings. The van der Waals surface area contributed by atoms with Crippen molar-refractivity contribution in [2.75, 3.05) is 0 Å². The summed E-state index contributed by atoms with van der Waals surface area (Å²) >= 11 is 0. The molecule has 0 amide bonds. The summed E-state index contributed by atoms with van der Waals surface area (Å²) in [5.74, 6) is 0.438. The van der Waals surface area contributed by atoms with Gasteiger partial charge >= 0.3 is 0 Å². The molecule has 0 aliphatic carbocycles. The van der Waals surface area contributed by atoms with Crippen molar-refractivity contribution < 1.29 is 10.2 Å². The van der Waals surface area contributed by atoms with Crippen molar-refractivity contribution in [3.05, 3.63) is 72.9 Å². The molecular weight excluding hydrogens is 248 g/mol. The number of phenolic OH excluding ortho intramolecular Hbond substituents is 2. The molecule has 0 unspecified atom stereocenters. The highest BCUT2D eigenvalue weighted by Gasteiger charge is 2.20. The average Bonchev–Trinajstić information content (AvgIpc) is 2.44. The van der Waals surface area contributed by atoms with Crippen LogP contribution in [0.4, 0.5) is 0 Å². The van der Waals surface area contributed by atoms with Crippen LogP contribution in [-0.4, -0.2) is 10.2 Å². The minimum atomic E-state index is 0.219. The first kappa shape index (κ1) is 15.8. The van der Waals surface area contributed by atoms with Gasteiger partial charge < -0.3 is 10.2 Å². The molecule has 1 aromatic carbocycles. The standard InChI is InChI=1S/C18H22O2/c1-5-9-13-14(10-6-2)18(20)16(12-8-4)15(11-7-3)17(13)19/h5-8,19-20H,1-4,9-12H2. The van der Waals surface area contributed by atoms with E-state index in [1.807, 2.05) is 0 Å². The summed E-state index contributed by atoms with van der Waals surface area (Å²) in [7, 11) is 0. The van der Waals surface area contributed by atoms with E-state index in [-0.39, 0.29) is 11.5 Å². The number of benzene rings is 1. The summed E-state index contributed by atoms with van der Waals surface area (Å²) in [5, 5.41) is 21.0. The molecule has 1 rings (SSSR count). The second kappa shape index (κ2) is 7.39. The third-order valence-corrected chi connectivity index (χ3v) is 3.27. The highest BCUT2D eigenvalue weighted by atomic mass is 16.3. The van der Waals surface area contributed by atoms with Gasteiger partial charge in [-0.05, 0) is 25.7 Å². The zero-order chi connectivity index (χ0) is 15.1. The topological polar surface area (TPSA) is 40.5 Å². The first-order chi connectivity index (χ1) is 9.62. The summed E-state index contributed by atoms with van der Waals surface area (Å²) in [5.41, 5.74) is 2.84. The lowest BCUT2D eigenvalue weighted by atomic mass is 9.89. The fourth-order valence-corrected chi connectivity index (χ4v) is 2.39. The Bertz CT molecular complexity index is 445. The minimum Gasteiger partial charge on any atom is -0.507 e. The Hall–Kier alpha value is -2.22. The molecule has 106 valence electrons. The van der Waals surface area contributed by atoms with Gasteiger partial charge in [0.1, 0.15) is 11.5 Å². The van der Waals surface area contributed by atoms with E-state index in [1.54, 1.807) is 24.3 Å². The van der Waals surface area contributed by atoms with E-state index in [9.17, 15) is 10.2 Å². The lowest BCUT2D eigenvalue weighted by Gasteiger charge is -2.19. The fourth-order valence-electron chi connectivity index (χ4n) is 2.39. The van der Waals surface area contributed by atoms with Crippen molar-refractivity contribution in [3.8, 4) is 11.5 Å². The molecular formula is C18H22O2. The van der Waals surface area contributed by atoms with Crippen LogP contribution >= 0.6 is 0 Å². The number of phenols is 2. The highest BCUT2D eigenvalue weighted by molar-refractivity contribution is 5.60. The number of hydrogen-bond donors (Lipinski definition) is 2. The van der Waals surface area contributed by atoms with Crippen molar-refractivity contribution in [3.63, 3.8) is 0 Å². The Balaban J connectivity index is 3.66. The monoisotopic (exact) mass is 270 g/mol. The molecule has 2 N–H and O–H groups in total. The Labute approximate surface area is 121 Å². The van der Waals surface area contributed by atoms with Crippen molar-refractivity contribution in [1.29, 1.82) is 0 Å². The molecule has 0 radical (unpaired) electrons. The largest absolute Gasteiger partial charge is 0.507 e. The second-order valence-electron chi connectivity index (χ2n) is 4.58. The van der Waals surface area contributed by atoms with Crippen LogP contribution in [0.15, 0.2) is 50.6 Å². The smallest absolute Gasteiger partial charge is 0.123 e. The third-order valence-electron chi connectivity index (χ3n) is 3.27. The van der Waals surface area contributed by atoms with Gasteiger partial charge in [-0.1, -0.05) is 24.3 Å². The van der Waals surface area contributed by atoms with Gasteiger partial charge in [0.25, 0.3) is 0 Å². The van der Waals surface area contributed by atoms with Gasteiger partial charge in [0.15, 0.2) is 0 Å². The van der Waals surface area contributed by atoms with Crippen LogP contribution in [0.5, 0.6) is 11.5 Å². The van der Waals surface area contributed by atoms with Gasteiger partial charge in [0.05, 0.1) is 0 Å². The predicted octanol–water partition coefficient (Wildman–Crippen LogP) is 4.01. The molecule has 0 aliphatic rings. The Morgan fingerprint density at radius 2 is 0.750 bits per heavy atom. The van der Waals surface area contributed by atoms with E-state index < -0.39 is 0 Å². The lowest BCUT2D eigenvalue weighted by molar-refractivity contribution is 0.441. The van der Waals surface area contributed by atoms with Gasteiger partial charge in [0, 0.05) is 22.3 Å². The molecule has 2 nitrogen and oxygen atoms in total. The van der Waals surface area contributed by atoms with Crippen LogP contribution in [0.25, 0.3) is 0 Å². The predicted molar refractivity (Wildman–Crippen MR) is 85.4 cm³/mol. The summed E-state index contributed by atoms with van der Waals surface area (Å²) in [6.07, 6.45) is 8.86. The van der Waals surface area contributed by atoms with E-state index in [0.717, 1.165) is 0 Å². The molecule has 0 aliphatic heterocycles. The molecule has 0 heterocycles. The molecule has 20 heavy (non-hydrogen) atoms. The van der Waals surface area contributed by atoms with E-state index >= 15 is 0 Å². The zero-order valence-electron chi connectivity index (χ0n) is 11.9. The molecule has 2 heteroatoms. The van der Waals surface area contributed by atoms with Crippen LogP contribution < -0.4 is 0 Å². The first-order valence-corrected chi connectivity index (χ1v) is 6.63. The lowest BCUT2D eigenvalue weighted by Crippen LogP contribution is -2.03. The highest BCUT2D eigenvalue weighted by Crippen LogP contribution is 2.39. The molecule has 0 atom stereocenters. The first-order valence-electron chi connectivity index (χ1n) is 6.63. The van der Waals surface area contributed by atoms with Crippen LogP contribution in [-0.2, 0) is 25.7 Å². The van der Waals surface area contributed by atoms with Crippen LogP contribution in [0, 0.1) is 0 Å². The van der Waals surface area contributed by atoms with Crippen molar-refractivity contribution >= 4 is 0 Å². The van der Waals surface area contributed by atoms with Crippen LogP contribution in [0.1, 0.15) is 22.3 Å². The van der Waals surface area contributed by atoms with Crippen molar-refractivity contribution in [2.45, 2.75) is 25.7 Å². The SMILES string of the molecule is C=CCc1c(O)c(CC=C)c(CC=C)c(O)c1CC=C. The van der Waals surface area contributed by atoms with Crippen molar-refractivity contribution in [1.82, 2.24) is 0 Å². The molecule has 0 spiro atoms. The van der Waals surface area contributed by atoms with Crippen molar-refractivity contribution in [2.24, 2.45) is 0 Å². The normalized spacial score (nSPS) is 10.0. The Morgan fingerprint density at radius 1 is 0.550 bits per heavy atom. The van der Waals surface area contributed by atoms with Gasteiger partial charge in [-0.25, -0.2) is 0 Å². The fraction of sp³-hybridized carbons (Fsp3) is 0.222. The third kappa shape index (κ3) is 3.02. The number of aromatic hydroxyl groups is 2. The van der Waals surface area contributed by atoms with Crippen LogP contribution in [0.3, 0.4) is 0 Å². The van der Waals surface area contributed by atoms with Gasteiger partial charge in [0.2, 0.25) is 0 Å². The maximum absolute atomic E-state index is 10.5.